The Labute approximate surface area is 54.7 Å². The maximum absolute atomic E-state index is 4.08. The van der Waals surface area contributed by atoms with Gasteiger partial charge < -0.3 is 5.32 Å². The van der Waals surface area contributed by atoms with E-state index in [1.165, 1.54) is 0 Å². The molecule has 4 nitrogen and oxygen atoms in total. The van der Waals surface area contributed by atoms with E-state index in [1.54, 1.807) is 0 Å². The monoisotopic (exact) mass is 127 g/mol. The highest BCUT2D eigenvalue weighted by atomic mass is 15.4. The summed E-state index contributed by atoms with van der Waals surface area (Å²) in [5.74, 6) is 0.818. The highest BCUT2D eigenvalue weighted by Crippen LogP contribution is 1.77. The number of rotatable bonds is 2. The Morgan fingerprint density at radius 1 is 1.78 bits per heavy atom. The van der Waals surface area contributed by atoms with E-state index in [0.717, 1.165) is 19.0 Å². The van der Waals surface area contributed by atoms with Gasteiger partial charge in [-0.15, -0.1) is 0 Å². The lowest BCUT2D eigenvalue weighted by Gasteiger charge is -2.04. The van der Waals surface area contributed by atoms with Crippen LogP contribution in [0.2, 0.25) is 0 Å². The first-order chi connectivity index (χ1) is 4.43. The van der Waals surface area contributed by atoms with Gasteiger partial charge in [-0.25, -0.2) is 5.43 Å². The molecule has 1 aliphatic heterocycles. The van der Waals surface area contributed by atoms with Gasteiger partial charge in [0.25, 0.3) is 0 Å². The molecule has 0 unspecified atom stereocenters. The zero-order valence-electron chi connectivity index (χ0n) is 5.28. The molecule has 0 saturated carbocycles. The molecule has 1 radical (unpaired) electrons. The molecule has 0 saturated heterocycles. The molecule has 9 heavy (non-hydrogen) atoms. The van der Waals surface area contributed by atoms with Crippen LogP contribution >= 0.6 is 0 Å². The molecule has 0 aromatic carbocycles. The van der Waals surface area contributed by atoms with E-state index in [0.29, 0.717) is 6.54 Å². The third-order valence-electron chi connectivity index (χ3n) is 1.01. The molecule has 3 N–H and O–H groups in total. The summed E-state index contributed by atoms with van der Waals surface area (Å²) in [6.07, 6.45) is 0. The minimum atomic E-state index is 0.653. The largest absolute Gasteiger partial charge is 0.353 e. The second kappa shape index (κ2) is 3.29. The van der Waals surface area contributed by atoms with Crippen molar-refractivity contribution in [3.63, 3.8) is 0 Å². The van der Waals surface area contributed by atoms with Gasteiger partial charge in [0.1, 0.15) is 0 Å². The standard InChI is InChI=1S/C5H11N4/c1-2-8-9-5-6-3-4-7-5/h8H,1-4H2,(H2,6,7,9). The van der Waals surface area contributed by atoms with Crippen LogP contribution in [-0.4, -0.2) is 25.6 Å². The van der Waals surface area contributed by atoms with E-state index in [1.807, 2.05) is 0 Å². The maximum Gasteiger partial charge on any atom is 0.206 e. The number of nitrogens with zero attached hydrogens (tertiary/aromatic N) is 1. The molecular formula is C5H11N4. The van der Waals surface area contributed by atoms with Crippen molar-refractivity contribution in [2.75, 3.05) is 19.6 Å². The molecule has 0 spiro atoms. The van der Waals surface area contributed by atoms with Crippen LogP contribution in [0.25, 0.3) is 0 Å². The number of guanidine groups is 1. The summed E-state index contributed by atoms with van der Waals surface area (Å²) in [6, 6.07) is 0. The third-order valence-corrected chi connectivity index (χ3v) is 1.01. The van der Waals surface area contributed by atoms with Crippen molar-refractivity contribution in [1.82, 2.24) is 16.2 Å². The summed E-state index contributed by atoms with van der Waals surface area (Å²) in [5.41, 5.74) is 5.69. The summed E-state index contributed by atoms with van der Waals surface area (Å²) in [4.78, 5) is 4.08. The fourth-order valence-corrected chi connectivity index (χ4v) is 0.628. The maximum atomic E-state index is 4.08. The predicted octanol–water partition coefficient (Wildman–Crippen LogP) is -1.13. The molecule has 0 amide bonds. The number of hydrogen-bond acceptors (Lipinski definition) is 4. The van der Waals surface area contributed by atoms with Crippen molar-refractivity contribution >= 4 is 5.96 Å². The summed E-state index contributed by atoms with van der Waals surface area (Å²) in [5, 5.41) is 3.04. The number of nitrogens with one attached hydrogen (secondary N) is 3. The summed E-state index contributed by atoms with van der Waals surface area (Å²) < 4.78 is 0. The van der Waals surface area contributed by atoms with Crippen LogP contribution in [0.5, 0.6) is 0 Å². The average Bonchev–Trinajstić information content (AvgIpc) is 2.34. The molecule has 0 atom stereocenters. The number of hydrazine groups is 1. The average molecular weight is 127 g/mol. The topological polar surface area (TPSA) is 48.5 Å². The van der Waals surface area contributed by atoms with E-state index >= 15 is 0 Å². The minimum Gasteiger partial charge on any atom is -0.353 e. The summed E-state index contributed by atoms with van der Waals surface area (Å²) in [7, 11) is 0. The van der Waals surface area contributed by atoms with E-state index in [-0.39, 0.29) is 0 Å². The Bertz CT molecular complexity index is 110. The quantitative estimate of drug-likeness (QED) is 0.411. The van der Waals surface area contributed by atoms with Crippen LogP contribution in [0.1, 0.15) is 0 Å². The van der Waals surface area contributed by atoms with Gasteiger partial charge in [0.15, 0.2) is 0 Å². The smallest absolute Gasteiger partial charge is 0.206 e. The molecule has 1 heterocycles. The van der Waals surface area contributed by atoms with Crippen molar-refractivity contribution in [3.05, 3.63) is 6.92 Å². The predicted molar refractivity (Wildman–Crippen MR) is 36.8 cm³/mol. The van der Waals surface area contributed by atoms with Crippen LogP contribution in [0.4, 0.5) is 0 Å². The Morgan fingerprint density at radius 2 is 2.67 bits per heavy atom. The molecule has 0 fully saturated rings. The van der Waals surface area contributed by atoms with Crippen LogP contribution in [0.15, 0.2) is 4.99 Å². The van der Waals surface area contributed by atoms with Gasteiger partial charge in [-0.1, -0.05) is 0 Å². The van der Waals surface area contributed by atoms with Gasteiger partial charge in [-0.2, -0.15) is 0 Å². The first-order valence-corrected chi connectivity index (χ1v) is 3.00. The van der Waals surface area contributed by atoms with Crippen molar-refractivity contribution < 1.29 is 0 Å². The van der Waals surface area contributed by atoms with E-state index in [9.17, 15) is 0 Å². The fourth-order valence-electron chi connectivity index (χ4n) is 0.628. The van der Waals surface area contributed by atoms with Crippen LogP contribution < -0.4 is 16.2 Å². The van der Waals surface area contributed by atoms with Gasteiger partial charge in [0, 0.05) is 13.1 Å². The summed E-state index contributed by atoms with van der Waals surface area (Å²) >= 11 is 0. The Morgan fingerprint density at radius 3 is 3.22 bits per heavy atom. The van der Waals surface area contributed by atoms with Crippen LogP contribution in [0, 0.1) is 6.92 Å². The zero-order valence-corrected chi connectivity index (χ0v) is 5.28. The minimum absolute atomic E-state index is 0.653. The SMILES string of the molecule is [CH2]CNNC1=NCCN1. The highest BCUT2D eigenvalue weighted by Gasteiger charge is 2.00. The first kappa shape index (κ1) is 6.35. The van der Waals surface area contributed by atoms with Crippen molar-refractivity contribution in [3.8, 4) is 0 Å². The molecule has 1 aliphatic rings. The van der Waals surface area contributed by atoms with Gasteiger partial charge in [-0.3, -0.25) is 10.4 Å². The van der Waals surface area contributed by atoms with Crippen LogP contribution in [0.3, 0.4) is 0 Å². The van der Waals surface area contributed by atoms with Gasteiger partial charge >= 0.3 is 0 Å². The van der Waals surface area contributed by atoms with E-state index in [2.05, 4.69) is 28.1 Å². The van der Waals surface area contributed by atoms with Crippen LogP contribution in [-0.2, 0) is 0 Å². The van der Waals surface area contributed by atoms with Gasteiger partial charge in [-0.05, 0) is 6.92 Å². The summed E-state index contributed by atoms with van der Waals surface area (Å²) in [6.45, 7) is 6.04. The Hall–Kier alpha value is -0.770. The Balaban J connectivity index is 2.11. The van der Waals surface area contributed by atoms with Gasteiger partial charge in [0.05, 0.1) is 6.54 Å². The molecule has 4 heteroatoms. The number of hydrogen-bond donors (Lipinski definition) is 3. The van der Waals surface area contributed by atoms with Crippen molar-refractivity contribution in [2.24, 2.45) is 4.99 Å². The second-order valence-corrected chi connectivity index (χ2v) is 1.71. The molecule has 51 valence electrons. The first-order valence-electron chi connectivity index (χ1n) is 3.00. The fraction of sp³-hybridized carbons (Fsp3) is 0.600. The Kier molecular flexibility index (Phi) is 2.32. The van der Waals surface area contributed by atoms with E-state index in [4.69, 9.17) is 0 Å². The van der Waals surface area contributed by atoms with Gasteiger partial charge in [0.2, 0.25) is 5.96 Å². The second-order valence-electron chi connectivity index (χ2n) is 1.71. The van der Waals surface area contributed by atoms with E-state index < -0.39 is 0 Å². The number of aliphatic imine (C=N–C) groups is 1. The lowest BCUT2D eigenvalue weighted by Crippen LogP contribution is -2.43. The molecule has 0 aromatic rings. The third kappa shape index (κ3) is 1.89. The molecule has 0 aromatic heterocycles. The molecule has 0 bridgehead atoms. The molecule has 0 aliphatic carbocycles. The lowest BCUT2D eigenvalue weighted by molar-refractivity contribution is 0.698. The normalized spacial score (nSPS) is 16.8. The molecule has 1 rings (SSSR count). The van der Waals surface area contributed by atoms with Crippen molar-refractivity contribution in [1.29, 1.82) is 0 Å². The highest BCUT2D eigenvalue weighted by molar-refractivity contribution is 5.80. The molecular weight excluding hydrogens is 116 g/mol. The zero-order chi connectivity index (χ0) is 6.53. The lowest BCUT2D eigenvalue weighted by atomic mass is 10.7. The van der Waals surface area contributed by atoms with Crippen molar-refractivity contribution in [2.45, 2.75) is 0 Å².